The summed E-state index contributed by atoms with van der Waals surface area (Å²) in [6.45, 7) is 2.92. The van der Waals surface area contributed by atoms with Crippen LogP contribution in [0.4, 0.5) is 0 Å². The van der Waals surface area contributed by atoms with Crippen LogP contribution in [0, 0.1) is 5.92 Å². The number of ketones is 1. The van der Waals surface area contributed by atoms with Crippen LogP contribution >= 0.6 is 0 Å². The smallest absolute Gasteiger partial charge is 0.333 e. The highest BCUT2D eigenvalue weighted by atomic mass is 16.5. The minimum Gasteiger partial charge on any atom is -0.494 e. The predicted octanol–water partition coefficient (Wildman–Crippen LogP) is 4.40. The van der Waals surface area contributed by atoms with Crippen molar-refractivity contribution in [3.8, 4) is 11.5 Å². The molecule has 0 saturated carbocycles. The summed E-state index contributed by atoms with van der Waals surface area (Å²) < 4.78 is 16.9. The standard InChI is InChI=1S/C27H34O8/c1-2-23(26(29)30)24(28)19-25(27(31)32)35-17-9-11-20-10-8-14-22(18-20)34-16-7-6-15-33-21-12-4-3-5-13-21/h3-5,8,10,12-14,18,23,25H,2,6-7,9,11,15-17,19H2,1H3,(H,29,30)(H,31,32). The van der Waals surface area contributed by atoms with Gasteiger partial charge < -0.3 is 24.4 Å². The number of aliphatic carboxylic acids is 2. The molecule has 0 amide bonds. The summed E-state index contributed by atoms with van der Waals surface area (Å²) in [6, 6.07) is 17.4. The fourth-order valence-corrected chi connectivity index (χ4v) is 3.48. The van der Waals surface area contributed by atoms with Crippen molar-refractivity contribution in [3.63, 3.8) is 0 Å². The number of carbonyl (C=O) groups is 3. The summed E-state index contributed by atoms with van der Waals surface area (Å²) in [5.74, 6) is -2.74. The van der Waals surface area contributed by atoms with Crippen molar-refractivity contribution in [2.45, 2.75) is 51.6 Å². The fourth-order valence-electron chi connectivity index (χ4n) is 3.48. The number of para-hydroxylation sites is 1. The maximum Gasteiger partial charge on any atom is 0.333 e. The molecule has 190 valence electrons. The molecule has 2 N–H and O–H groups in total. The SMILES string of the molecule is CCC(C(=O)O)C(=O)CC(OCCCc1cccc(OCCCCOc2ccccc2)c1)C(=O)O. The van der Waals surface area contributed by atoms with Gasteiger partial charge in [0.1, 0.15) is 23.2 Å². The van der Waals surface area contributed by atoms with E-state index in [1.165, 1.54) is 0 Å². The average Bonchev–Trinajstić information content (AvgIpc) is 2.84. The van der Waals surface area contributed by atoms with Gasteiger partial charge in [0.2, 0.25) is 0 Å². The van der Waals surface area contributed by atoms with Crippen LogP contribution in [0.5, 0.6) is 11.5 Å². The second-order valence-electron chi connectivity index (χ2n) is 8.14. The number of carbonyl (C=O) groups excluding carboxylic acids is 1. The summed E-state index contributed by atoms with van der Waals surface area (Å²) in [4.78, 5) is 34.6. The van der Waals surface area contributed by atoms with Crippen LogP contribution in [-0.4, -0.2) is 53.9 Å². The molecule has 0 fully saturated rings. The first-order valence-corrected chi connectivity index (χ1v) is 11.9. The van der Waals surface area contributed by atoms with Crippen LogP contribution in [0.25, 0.3) is 0 Å². The van der Waals surface area contributed by atoms with Gasteiger partial charge in [-0.3, -0.25) is 9.59 Å². The number of hydrogen-bond donors (Lipinski definition) is 2. The summed E-state index contributed by atoms with van der Waals surface area (Å²) >= 11 is 0. The molecule has 2 unspecified atom stereocenters. The molecule has 0 saturated heterocycles. The van der Waals surface area contributed by atoms with E-state index in [2.05, 4.69) is 0 Å². The highest BCUT2D eigenvalue weighted by Gasteiger charge is 2.29. The monoisotopic (exact) mass is 486 g/mol. The topological polar surface area (TPSA) is 119 Å². The Morgan fingerprint density at radius 3 is 2.09 bits per heavy atom. The van der Waals surface area contributed by atoms with Gasteiger partial charge >= 0.3 is 11.9 Å². The third kappa shape index (κ3) is 10.6. The number of Topliss-reactive ketones (excluding diaryl/α,β-unsaturated/α-hetero) is 1. The molecule has 0 heterocycles. The molecule has 0 bridgehead atoms. The third-order valence-corrected chi connectivity index (χ3v) is 5.40. The first-order chi connectivity index (χ1) is 16.9. The van der Waals surface area contributed by atoms with E-state index in [0.29, 0.717) is 26.1 Å². The number of ether oxygens (including phenoxy) is 3. The van der Waals surface area contributed by atoms with Gasteiger partial charge in [-0.25, -0.2) is 4.79 Å². The first-order valence-electron chi connectivity index (χ1n) is 11.9. The lowest BCUT2D eigenvalue weighted by Gasteiger charge is -2.15. The lowest BCUT2D eigenvalue weighted by molar-refractivity contribution is -0.156. The fraction of sp³-hybridized carbons (Fsp3) is 0.444. The molecule has 35 heavy (non-hydrogen) atoms. The lowest BCUT2D eigenvalue weighted by Crippen LogP contribution is -2.32. The summed E-state index contributed by atoms with van der Waals surface area (Å²) in [7, 11) is 0. The Hall–Kier alpha value is -3.39. The molecule has 2 rings (SSSR count). The van der Waals surface area contributed by atoms with Crippen molar-refractivity contribution >= 4 is 17.7 Å². The molecule has 2 aromatic carbocycles. The molecule has 8 heteroatoms. The van der Waals surface area contributed by atoms with E-state index in [4.69, 9.17) is 19.3 Å². The molecule has 0 aliphatic heterocycles. The largest absolute Gasteiger partial charge is 0.494 e. The number of carboxylic acid groups (broad SMARTS) is 2. The minimum atomic E-state index is -1.35. The molecule has 0 aliphatic carbocycles. The van der Waals surface area contributed by atoms with Crippen molar-refractivity contribution in [3.05, 3.63) is 60.2 Å². The van der Waals surface area contributed by atoms with E-state index in [0.717, 1.165) is 29.9 Å². The Morgan fingerprint density at radius 2 is 1.46 bits per heavy atom. The Kier molecular flexibility index (Phi) is 12.3. The van der Waals surface area contributed by atoms with Gasteiger partial charge in [0, 0.05) is 13.0 Å². The van der Waals surface area contributed by atoms with Gasteiger partial charge in [-0.05, 0) is 61.9 Å². The van der Waals surface area contributed by atoms with Crippen LogP contribution in [0.15, 0.2) is 54.6 Å². The van der Waals surface area contributed by atoms with E-state index in [1.807, 2.05) is 54.6 Å². The number of hydrogen-bond acceptors (Lipinski definition) is 6. The predicted molar refractivity (Wildman–Crippen MR) is 130 cm³/mol. The highest BCUT2D eigenvalue weighted by Crippen LogP contribution is 2.16. The van der Waals surface area contributed by atoms with Gasteiger partial charge in [-0.15, -0.1) is 0 Å². The number of benzene rings is 2. The van der Waals surface area contributed by atoms with Gasteiger partial charge in [-0.2, -0.15) is 0 Å². The highest BCUT2D eigenvalue weighted by molar-refractivity contribution is 5.99. The van der Waals surface area contributed by atoms with Crippen LogP contribution < -0.4 is 9.47 Å². The third-order valence-electron chi connectivity index (χ3n) is 5.40. The molecular formula is C27H34O8. The summed E-state index contributed by atoms with van der Waals surface area (Å²) in [5, 5.41) is 18.4. The second-order valence-corrected chi connectivity index (χ2v) is 8.14. The number of carboxylic acids is 2. The van der Waals surface area contributed by atoms with Crippen LogP contribution in [0.3, 0.4) is 0 Å². The van der Waals surface area contributed by atoms with Gasteiger partial charge in [0.15, 0.2) is 6.10 Å². The summed E-state index contributed by atoms with van der Waals surface area (Å²) in [6.07, 6.45) is 1.24. The zero-order chi connectivity index (χ0) is 25.5. The second kappa shape index (κ2) is 15.5. The lowest BCUT2D eigenvalue weighted by atomic mass is 9.97. The quantitative estimate of drug-likeness (QED) is 0.235. The van der Waals surface area contributed by atoms with Gasteiger partial charge in [-0.1, -0.05) is 37.3 Å². The van der Waals surface area contributed by atoms with Crippen LogP contribution in [-0.2, 0) is 25.5 Å². The van der Waals surface area contributed by atoms with Crippen molar-refractivity contribution in [2.24, 2.45) is 5.92 Å². The Labute approximate surface area is 205 Å². The zero-order valence-electron chi connectivity index (χ0n) is 20.1. The first kappa shape index (κ1) is 27.9. The van der Waals surface area contributed by atoms with Crippen molar-refractivity contribution in [1.29, 1.82) is 0 Å². The molecule has 0 aromatic heterocycles. The van der Waals surface area contributed by atoms with E-state index < -0.39 is 36.2 Å². The molecule has 0 aliphatic rings. The van der Waals surface area contributed by atoms with Gasteiger partial charge in [0.05, 0.1) is 13.2 Å². The Morgan fingerprint density at radius 1 is 0.800 bits per heavy atom. The molecular weight excluding hydrogens is 452 g/mol. The van der Waals surface area contributed by atoms with E-state index in [9.17, 15) is 19.5 Å². The van der Waals surface area contributed by atoms with Crippen molar-refractivity contribution < 1.29 is 38.8 Å². The van der Waals surface area contributed by atoms with Crippen LogP contribution in [0.2, 0.25) is 0 Å². The molecule has 0 spiro atoms. The minimum absolute atomic E-state index is 0.111. The maximum atomic E-state index is 12.1. The van der Waals surface area contributed by atoms with Crippen LogP contribution in [0.1, 0.15) is 44.6 Å². The number of unbranched alkanes of at least 4 members (excludes halogenated alkanes) is 1. The maximum absolute atomic E-state index is 12.1. The Balaban J connectivity index is 1.67. The number of aryl methyl sites for hydroxylation is 1. The van der Waals surface area contributed by atoms with E-state index in [1.54, 1.807) is 6.92 Å². The molecule has 2 atom stereocenters. The molecule has 2 aromatic rings. The molecule has 0 radical (unpaired) electrons. The van der Waals surface area contributed by atoms with E-state index in [-0.39, 0.29) is 13.0 Å². The molecule has 8 nitrogen and oxygen atoms in total. The van der Waals surface area contributed by atoms with E-state index >= 15 is 0 Å². The van der Waals surface area contributed by atoms with Crippen molar-refractivity contribution in [2.75, 3.05) is 19.8 Å². The van der Waals surface area contributed by atoms with Gasteiger partial charge in [0.25, 0.3) is 0 Å². The average molecular weight is 487 g/mol. The summed E-state index contributed by atoms with van der Waals surface area (Å²) in [5.41, 5.74) is 1.03. The Bertz CT molecular complexity index is 928. The van der Waals surface area contributed by atoms with Crippen molar-refractivity contribution in [1.82, 2.24) is 0 Å². The zero-order valence-corrected chi connectivity index (χ0v) is 20.1. The number of rotatable bonds is 18. The normalized spacial score (nSPS) is 12.5.